The first kappa shape index (κ1) is 14.7. The Balaban J connectivity index is 2.62. The summed E-state index contributed by atoms with van der Waals surface area (Å²) in [7, 11) is 1.56. The lowest BCUT2D eigenvalue weighted by Crippen LogP contribution is -2.11. The molecule has 0 saturated carbocycles. The van der Waals surface area contributed by atoms with Gasteiger partial charge in [-0.25, -0.2) is 9.97 Å². The first-order valence-electron chi connectivity index (χ1n) is 6.52. The molecule has 6 nitrogen and oxygen atoms in total. The molecule has 2 aromatic heterocycles. The molecule has 6 heteroatoms. The van der Waals surface area contributed by atoms with Gasteiger partial charge in [0.2, 0.25) is 17.6 Å². The molecule has 0 fully saturated rings. The second kappa shape index (κ2) is 6.18. The number of aromatic nitrogens is 3. The maximum atomic E-state index is 9.00. The first-order valence-corrected chi connectivity index (χ1v) is 6.52. The van der Waals surface area contributed by atoms with Gasteiger partial charge in [-0.1, -0.05) is 6.07 Å². The van der Waals surface area contributed by atoms with Crippen LogP contribution in [0.4, 0.5) is 0 Å². The highest BCUT2D eigenvalue weighted by Crippen LogP contribution is 2.31. The molecule has 0 atom stereocenters. The lowest BCUT2D eigenvalue weighted by Gasteiger charge is -2.14. The maximum absolute atomic E-state index is 9.00. The van der Waals surface area contributed by atoms with Crippen LogP contribution >= 0.6 is 0 Å². The van der Waals surface area contributed by atoms with Crippen molar-refractivity contribution < 1.29 is 9.47 Å². The average Bonchev–Trinajstić information content (AvgIpc) is 2.46. The van der Waals surface area contributed by atoms with Crippen LogP contribution in [0.5, 0.6) is 11.8 Å². The molecule has 0 saturated heterocycles. The summed E-state index contributed by atoms with van der Waals surface area (Å²) in [6.07, 6.45) is -0.0739. The molecular formula is C15H16N4O2. The normalized spacial score (nSPS) is 10.3. The van der Waals surface area contributed by atoms with Crippen LogP contribution < -0.4 is 9.47 Å². The molecule has 0 unspecified atom stereocenters. The van der Waals surface area contributed by atoms with Crippen LogP contribution in [0.1, 0.15) is 25.4 Å². The highest BCUT2D eigenvalue weighted by atomic mass is 16.5. The summed E-state index contributed by atoms with van der Waals surface area (Å²) in [5.41, 5.74) is 1.95. The number of nitrogens with zero attached hydrogens (tertiary/aromatic N) is 4. The minimum Gasteiger partial charge on any atom is -0.481 e. The molecule has 2 rings (SSSR count). The Bertz CT molecular complexity index is 693. The van der Waals surface area contributed by atoms with Gasteiger partial charge in [0.1, 0.15) is 6.07 Å². The minimum absolute atomic E-state index is 0.0739. The maximum Gasteiger partial charge on any atom is 0.235 e. The van der Waals surface area contributed by atoms with E-state index in [-0.39, 0.29) is 11.9 Å². The first-order chi connectivity index (χ1) is 10.0. The number of pyridine rings is 1. The fourth-order valence-electron chi connectivity index (χ4n) is 1.87. The third kappa shape index (κ3) is 3.26. The summed E-state index contributed by atoms with van der Waals surface area (Å²) in [6, 6.07) is 7.35. The highest BCUT2D eigenvalue weighted by molar-refractivity contribution is 5.68. The van der Waals surface area contributed by atoms with Crippen LogP contribution in [-0.4, -0.2) is 28.2 Å². The predicted octanol–water partition coefficient (Wildman–Crippen LogP) is 2.51. The highest BCUT2D eigenvalue weighted by Gasteiger charge is 2.17. The molecule has 0 aliphatic heterocycles. The molecule has 21 heavy (non-hydrogen) atoms. The number of ether oxygens (including phenoxy) is 2. The van der Waals surface area contributed by atoms with E-state index in [1.165, 1.54) is 0 Å². The third-order valence-electron chi connectivity index (χ3n) is 2.69. The van der Waals surface area contributed by atoms with E-state index in [2.05, 4.69) is 15.0 Å². The SMILES string of the molecule is COc1cccc(-c2c(C)nc(C#N)nc2OC(C)C)n1. The number of hydrogen-bond acceptors (Lipinski definition) is 6. The smallest absolute Gasteiger partial charge is 0.235 e. The summed E-state index contributed by atoms with van der Waals surface area (Å²) in [5, 5.41) is 9.00. The number of rotatable bonds is 4. The monoisotopic (exact) mass is 284 g/mol. The van der Waals surface area contributed by atoms with Gasteiger partial charge in [-0.2, -0.15) is 10.2 Å². The summed E-state index contributed by atoms with van der Waals surface area (Å²) in [5.74, 6) is 0.927. The largest absolute Gasteiger partial charge is 0.481 e. The zero-order valence-corrected chi connectivity index (χ0v) is 12.4. The second-order valence-corrected chi connectivity index (χ2v) is 4.66. The van der Waals surface area contributed by atoms with Crippen molar-refractivity contribution in [3.63, 3.8) is 0 Å². The van der Waals surface area contributed by atoms with Crippen molar-refractivity contribution in [2.45, 2.75) is 26.9 Å². The third-order valence-corrected chi connectivity index (χ3v) is 2.69. The Morgan fingerprint density at radius 2 is 1.95 bits per heavy atom. The van der Waals surface area contributed by atoms with E-state index in [1.807, 2.05) is 32.0 Å². The lowest BCUT2D eigenvalue weighted by molar-refractivity contribution is 0.233. The van der Waals surface area contributed by atoms with E-state index >= 15 is 0 Å². The van der Waals surface area contributed by atoms with E-state index in [0.29, 0.717) is 28.7 Å². The Kier molecular flexibility index (Phi) is 4.33. The van der Waals surface area contributed by atoms with Crippen molar-refractivity contribution in [2.75, 3.05) is 7.11 Å². The molecule has 0 aliphatic carbocycles. The van der Waals surface area contributed by atoms with Crippen molar-refractivity contribution in [1.82, 2.24) is 15.0 Å². The van der Waals surface area contributed by atoms with Crippen molar-refractivity contribution >= 4 is 0 Å². The van der Waals surface area contributed by atoms with E-state index in [4.69, 9.17) is 14.7 Å². The van der Waals surface area contributed by atoms with Crippen LogP contribution in [0.25, 0.3) is 11.3 Å². The summed E-state index contributed by atoms with van der Waals surface area (Å²) >= 11 is 0. The van der Waals surface area contributed by atoms with Gasteiger partial charge in [-0.15, -0.1) is 0 Å². The zero-order chi connectivity index (χ0) is 15.4. The standard InChI is InChI=1S/C15H16N4O2/c1-9(2)21-15-14(10(3)17-12(8-16)19-15)11-6-5-7-13(18-11)20-4/h5-7,9H,1-4H3. The molecule has 2 heterocycles. The minimum atomic E-state index is -0.0739. The fraction of sp³-hybridized carbons (Fsp3) is 0.333. The van der Waals surface area contributed by atoms with Gasteiger partial charge in [0.15, 0.2) is 0 Å². The summed E-state index contributed by atoms with van der Waals surface area (Å²) < 4.78 is 10.9. The predicted molar refractivity (Wildman–Crippen MR) is 77.0 cm³/mol. The van der Waals surface area contributed by atoms with Gasteiger partial charge in [0, 0.05) is 6.07 Å². The van der Waals surface area contributed by atoms with Gasteiger partial charge in [-0.05, 0) is 26.8 Å². The summed E-state index contributed by atoms with van der Waals surface area (Å²) in [6.45, 7) is 5.59. The van der Waals surface area contributed by atoms with Crippen molar-refractivity contribution in [3.05, 3.63) is 29.7 Å². The molecule has 0 N–H and O–H groups in total. The van der Waals surface area contributed by atoms with Crippen LogP contribution in [0.15, 0.2) is 18.2 Å². The van der Waals surface area contributed by atoms with Gasteiger partial charge in [0.05, 0.1) is 30.2 Å². The van der Waals surface area contributed by atoms with E-state index in [0.717, 1.165) is 0 Å². The topological polar surface area (TPSA) is 80.9 Å². The molecule has 0 aromatic carbocycles. The molecule has 0 bridgehead atoms. The number of hydrogen-bond donors (Lipinski definition) is 0. The quantitative estimate of drug-likeness (QED) is 0.858. The number of methoxy groups -OCH3 is 1. The number of nitriles is 1. The van der Waals surface area contributed by atoms with Gasteiger partial charge in [-0.3, -0.25) is 0 Å². The van der Waals surface area contributed by atoms with Crippen LogP contribution in [-0.2, 0) is 0 Å². The fourth-order valence-corrected chi connectivity index (χ4v) is 1.87. The van der Waals surface area contributed by atoms with Crippen LogP contribution in [0, 0.1) is 18.3 Å². The Labute approximate surface area is 123 Å². The van der Waals surface area contributed by atoms with Gasteiger partial charge < -0.3 is 9.47 Å². The molecule has 0 amide bonds. The Morgan fingerprint density at radius 3 is 2.57 bits per heavy atom. The molecule has 0 aliphatic rings. The molecule has 0 radical (unpaired) electrons. The van der Waals surface area contributed by atoms with E-state index < -0.39 is 0 Å². The van der Waals surface area contributed by atoms with Gasteiger partial charge in [0.25, 0.3) is 0 Å². The average molecular weight is 284 g/mol. The number of aryl methyl sites for hydroxylation is 1. The second-order valence-electron chi connectivity index (χ2n) is 4.66. The van der Waals surface area contributed by atoms with Crippen LogP contribution in [0.3, 0.4) is 0 Å². The Morgan fingerprint density at radius 1 is 1.19 bits per heavy atom. The van der Waals surface area contributed by atoms with Crippen LogP contribution in [0.2, 0.25) is 0 Å². The van der Waals surface area contributed by atoms with Crippen molar-refractivity contribution in [1.29, 1.82) is 5.26 Å². The lowest BCUT2D eigenvalue weighted by atomic mass is 10.1. The molecule has 108 valence electrons. The molecule has 2 aromatic rings. The van der Waals surface area contributed by atoms with Gasteiger partial charge >= 0.3 is 0 Å². The van der Waals surface area contributed by atoms with Crippen molar-refractivity contribution in [2.24, 2.45) is 0 Å². The Hall–Kier alpha value is -2.68. The van der Waals surface area contributed by atoms with Crippen molar-refractivity contribution in [3.8, 4) is 29.1 Å². The molecular weight excluding hydrogens is 268 g/mol. The molecule has 0 spiro atoms. The van der Waals surface area contributed by atoms with E-state index in [9.17, 15) is 0 Å². The van der Waals surface area contributed by atoms with E-state index in [1.54, 1.807) is 20.1 Å². The zero-order valence-electron chi connectivity index (χ0n) is 12.4. The summed E-state index contributed by atoms with van der Waals surface area (Å²) in [4.78, 5) is 12.7.